The second-order valence-corrected chi connectivity index (χ2v) is 5.43. The summed E-state index contributed by atoms with van der Waals surface area (Å²) in [5, 5.41) is 10.1. The molecule has 22 heavy (non-hydrogen) atoms. The van der Waals surface area contributed by atoms with Gasteiger partial charge in [0.2, 0.25) is 0 Å². The summed E-state index contributed by atoms with van der Waals surface area (Å²) in [6, 6.07) is 16.0. The summed E-state index contributed by atoms with van der Waals surface area (Å²) in [6.45, 7) is 0. The fraction of sp³-hybridized carbons (Fsp3) is 0.368. The average molecular weight is 300 g/mol. The molecule has 0 aliphatic rings. The summed E-state index contributed by atoms with van der Waals surface area (Å²) in [4.78, 5) is 0. The molecule has 0 amide bonds. The van der Waals surface area contributed by atoms with Gasteiger partial charge in [-0.1, -0.05) is 24.3 Å². The fourth-order valence-corrected chi connectivity index (χ4v) is 2.40. The Hall–Kier alpha value is -2.00. The van der Waals surface area contributed by atoms with Crippen molar-refractivity contribution in [2.75, 3.05) is 14.2 Å². The molecule has 118 valence electrons. The van der Waals surface area contributed by atoms with E-state index in [1.807, 2.05) is 24.3 Å². The second kappa shape index (κ2) is 8.44. The van der Waals surface area contributed by atoms with Gasteiger partial charge in [0.25, 0.3) is 0 Å². The lowest BCUT2D eigenvalue weighted by Crippen LogP contribution is -2.09. The van der Waals surface area contributed by atoms with Gasteiger partial charge in [0.05, 0.1) is 20.3 Å². The Morgan fingerprint density at radius 3 is 1.41 bits per heavy atom. The third-order valence-corrected chi connectivity index (χ3v) is 3.85. The van der Waals surface area contributed by atoms with E-state index in [1.54, 1.807) is 14.2 Å². The highest BCUT2D eigenvalue weighted by atomic mass is 16.5. The van der Waals surface area contributed by atoms with Crippen molar-refractivity contribution in [3.05, 3.63) is 59.7 Å². The van der Waals surface area contributed by atoms with Crippen molar-refractivity contribution in [3.8, 4) is 11.5 Å². The molecule has 0 aliphatic carbocycles. The van der Waals surface area contributed by atoms with Crippen LogP contribution in [0.3, 0.4) is 0 Å². The minimum atomic E-state index is -0.274. The SMILES string of the molecule is COc1ccc(CCC(O)CCc2ccc(OC)cc2)cc1. The van der Waals surface area contributed by atoms with Gasteiger partial charge in [-0.25, -0.2) is 0 Å². The maximum absolute atomic E-state index is 10.1. The number of hydrogen-bond donors (Lipinski definition) is 1. The molecule has 3 nitrogen and oxygen atoms in total. The first kappa shape index (κ1) is 16.4. The number of rotatable bonds is 8. The quantitative estimate of drug-likeness (QED) is 0.809. The summed E-state index contributed by atoms with van der Waals surface area (Å²) >= 11 is 0. The van der Waals surface area contributed by atoms with Crippen LogP contribution in [0.5, 0.6) is 11.5 Å². The average Bonchev–Trinajstić information content (AvgIpc) is 2.59. The molecule has 0 spiro atoms. The van der Waals surface area contributed by atoms with Crippen molar-refractivity contribution in [1.29, 1.82) is 0 Å². The van der Waals surface area contributed by atoms with Gasteiger partial charge in [-0.2, -0.15) is 0 Å². The Bertz CT molecular complexity index is 494. The summed E-state index contributed by atoms with van der Waals surface area (Å²) in [6.07, 6.45) is 3.05. The molecule has 0 saturated carbocycles. The van der Waals surface area contributed by atoms with Crippen LogP contribution in [-0.2, 0) is 12.8 Å². The van der Waals surface area contributed by atoms with E-state index < -0.39 is 0 Å². The van der Waals surface area contributed by atoms with E-state index in [1.165, 1.54) is 11.1 Å². The highest BCUT2D eigenvalue weighted by Gasteiger charge is 2.06. The second-order valence-electron chi connectivity index (χ2n) is 5.43. The van der Waals surface area contributed by atoms with Gasteiger partial charge < -0.3 is 14.6 Å². The van der Waals surface area contributed by atoms with Gasteiger partial charge in [-0.3, -0.25) is 0 Å². The molecule has 0 bridgehead atoms. The normalized spacial score (nSPS) is 10.7. The van der Waals surface area contributed by atoms with Crippen LogP contribution in [0.25, 0.3) is 0 Å². The summed E-state index contributed by atoms with van der Waals surface area (Å²) in [5.41, 5.74) is 2.45. The van der Waals surface area contributed by atoms with Crippen molar-refractivity contribution in [2.45, 2.75) is 31.8 Å². The van der Waals surface area contributed by atoms with Gasteiger partial charge >= 0.3 is 0 Å². The topological polar surface area (TPSA) is 38.7 Å². The van der Waals surface area contributed by atoms with Gasteiger partial charge in [0.15, 0.2) is 0 Å². The van der Waals surface area contributed by atoms with Crippen molar-refractivity contribution < 1.29 is 14.6 Å². The lowest BCUT2D eigenvalue weighted by Gasteiger charge is -2.11. The van der Waals surface area contributed by atoms with Crippen molar-refractivity contribution in [3.63, 3.8) is 0 Å². The van der Waals surface area contributed by atoms with E-state index in [-0.39, 0.29) is 6.10 Å². The van der Waals surface area contributed by atoms with Gasteiger partial charge in [-0.15, -0.1) is 0 Å². The van der Waals surface area contributed by atoms with E-state index in [9.17, 15) is 5.11 Å². The van der Waals surface area contributed by atoms with Crippen LogP contribution >= 0.6 is 0 Å². The third kappa shape index (κ3) is 5.08. The molecule has 0 atom stereocenters. The molecular weight excluding hydrogens is 276 g/mol. The van der Waals surface area contributed by atoms with Crippen LogP contribution in [0.15, 0.2) is 48.5 Å². The number of benzene rings is 2. The molecule has 0 unspecified atom stereocenters. The van der Waals surface area contributed by atoms with Crippen LogP contribution in [0.1, 0.15) is 24.0 Å². The molecule has 0 radical (unpaired) electrons. The van der Waals surface area contributed by atoms with Gasteiger partial charge in [0, 0.05) is 0 Å². The van der Waals surface area contributed by atoms with Crippen molar-refractivity contribution in [2.24, 2.45) is 0 Å². The van der Waals surface area contributed by atoms with Crippen LogP contribution in [0, 0.1) is 0 Å². The predicted octanol–water partition coefficient (Wildman–Crippen LogP) is 3.63. The maximum Gasteiger partial charge on any atom is 0.118 e. The zero-order valence-corrected chi connectivity index (χ0v) is 13.3. The number of hydrogen-bond acceptors (Lipinski definition) is 3. The van der Waals surface area contributed by atoms with Crippen LogP contribution in [-0.4, -0.2) is 25.4 Å². The molecule has 1 N–H and O–H groups in total. The molecular formula is C19H24O3. The molecule has 0 aliphatic heterocycles. The molecule has 0 heterocycles. The Kier molecular flexibility index (Phi) is 6.28. The highest BCUT2D eigenvalue weighted by Crippen LogP contribution is 2.16. The van der Waals surface area contributed by atoms with Gasteiger partial charge in [-0.05, 0) is 61.1 Å². The number of ether oxygens (including phenoxy) is 2. The van der Waals surface area contributed by atoms with E-state index >= 15 is 0 Å². The Balaban J connectivity index is 1.73. The summed E-state index contributed by atoms with van der Waals surface area (Å²) < 4.78 is 10.3. The largest absolute Gasteiger partial charge is 0.497 e. The number of methoxy groups -OCH3 is 2. The fourth-order valence-electron chi connectivity index (χ4n) is 2.40. The Morgan fingerprint density at radius 1 is 0.727 bits per heavy atom. The minimum absolute atomic E-state index is 0.274. The zero-order valence-electron chi connectivity index (χ0n) is 13.3. The molecule has 2 rings (SSSR count). The number of aliphatic hydroxyl groups excluding tert-OH is 1. The van der Waals surface area contributed by atoms with Crippen LogP contribution in [0.2, 0.25) is 0 Å². The number of aliphatic hydroxyl groups is 1. The molecule has 2 aromatic rings. The maximum atomic E-state index is 10.1. The van der Waals surface area contributed by atoms with Crippen LogP contribution < -0.4 is 9.47 Å². The van der Waals surface area contributed by atoms with E-state index in [4.69, 9.17) is 9.47 Å². The first-order chi connectivity index (χ1) is 10.7. The third-order valence-electron chi connectivity index (χ3n) is 3.85. The first-order valence-electron chi connectivity index (χ1n) is 7.65. The zero-order chi connectivity index (χ0) is 15.8. The van der Waals surface area contributed by atoms with Crippen molar-refractivity contribution >= 4 is 0 Å². The van der Waals surface area contributed by atoms with E-state index in [0.29, 0.717) is 0 Å². The number of aryl methyl sites for hydroxylation is 2. The summed E-state index contributed by atoms with van der Waals surface area (Å²) in [7, 11) is 3.33. The Morgan fingerprint density at radius 2 is 1.09 bits per heavy atom. The molecule has 2 aromatic carbocycles. The molecule has 3 heteroatoms. The standard InChI is InChI=1S/C19H24O3/c1-21-18-11-5-15(6-12-18)3-9-17(20)10-4-16-7-13-19(22-2)14-8-16/h5-8,11-14,17,20H,3-4,9-10H2,1-2H3. The highest BCUT2D eigenvalue weighted by molar-refractivity contribution is 5.28. The predicted molar refractivity (Wildman–Crippen MR) is 88.6 cm³/mol. The van der Waals surface area contributed by atoms with E-state index in [0.717, 1.165) is 37.2 Å². The first-order valence-corrected chi connectivity index (χ1v) is 7.65. The van der Waals surface area contributed by atoms with Crippen molar-refractivity contribution in [1.82, 2.24) is 0 Å². The Labute approximate surface area is 132 Å². The lowest BCUT2D eigenvalue weighted by molar-refractivity contribution is 0.155. The van der Waals surface area contributed by atoms with Gasteiger partial charge in [0.1, 0.15) is 11.5 Å². The smallest absolute Gasteiger partial charge is 0.118 e. The minimum Gasteiger partial charge on any atom is -0.497 e. The molecule has 0 fully saturated rings. The molecule has 0 saturated heterocycles. The molecule has 0 aromatic heterocycles. The monoisotopic (exact) mass is 300 g/mol. The van der Waals surface area contributed by atoms with E-state index in [2.05, 4.69) is 24.3 Å². The lowest BCUT2D eigenvalue weighted by atomic mass is 10.0. The summed E-state index contributed by atoms with van der Waals surface area (Å²) in [5.74, 6) is 1.73. The van der Waals surface area contributed by atoms with Crippen LogP contribution in [0.4, 0.5) is 0 Å².